The van der Waals surface area contributed by atoms with E-state index in [1.54, 1.807) is 12.3 Å². The first kappa shape index (κ1) is 19.3. The first-order valence-electron chi connectivity index (χ1n) is 9.09. The van der Waals surface area contributed by atoms with Crippen LogP contribution < -0.4 is 10.6 Å². The molecule has 3 rings (SSSR count). The van der Waals surface area contributed by atoms with Gasteiger partial charge in [-0.15, -0.1) is 5.10 Å². The van der Waals surface area contributed by atoms with E-state index in [4.69, 9.17) is 0 Å². The number of anilines is 1. The summed E-state index contributed by atoms with van der Waals surface area (Å²) in [5, 5.41) is 13.9. The zero-order valence-corrected chi connectivity index (χ0v) is 16.1. The molecule has 2 aromatic carbocycles. The molecule has 1 aromatic heterocycles. The first-order valence-corrected chi connectivity index (χ1v) is 9.09. The highest BCUT2D eigenvalue weighted by molar-refractivity contribution is 6.05. The molecule has 0 aliphatic carbocycles. The van der Waals surface area contributed by atoms with Gasteiger partial charge in [-0.2, -0.15) is 0 Å². The van der Waals surface area contributed by atoms with Gasteiger partial charge in [0.15, 0.2) is 0 Å². The van der Waals surface area contributed by atoms with Gasteiger partial charge >= 0.3 is 0 Å². The minimum atomic E-state index is -0.186. The summed E-state index contributed by atoms with van der Waals surface area (Å²) in [6, 6.07) is 14.9. The lowest BCUT2D eigenvalue weighted by Crippen LogP contribution is -2.33. The minimum absolute atomic E-state index is 0.0678. The van der Waals surface area contributed by atoms with Crippen molar-refractivity contribution in [3.05, 3.63) is 65.9 Å². The standard InChI is InChI=1S/C21H23N5O2/c1-14(2)22-20(27)13-26-12-19(24-25-26)16-10-9-15(3)18(11-16)21(28)23-17-7-5-4-6-8-17/h4-12,14H,13H2,1-3H3,(H,22,27)(H,23,28). The predicted molar refractivity (Wildman–Crippen MR) is 108 cm³/mol. The molecule has 0 spiro atoms. The van der Waals surface area contributed by atoms with E-state index < -0.39 is 0 Å². The molecule has 2 amide bonds. The third-order valence-corrected chi connectivity index (χ3v) is 4.10. The number of para-hydroxylation sites is 1. The van der Waals surface area contributed by atoms with E-state index in [2.05, 4.69) is 20.9 Å². The highest BCUT2D eigenvalue weighted by atomic mass is 16.2. The van der Waals surface area contributed by atoms with Crippen molar-refractivity contribution in [1.29, 1.82) is 0 Å². The fraction of sp³-hybridized carbons (Fsp3) is 0.238. The topological polar surface area (TPSA) is 88.9 Å². The number of aromatic nitrogens is 3. The van der Waals surface area contributed by atoms with Crippen molar-refractivity contribution in [2.45, 2.75) is 33.4 Å². The average molecular weight is 377 g/mol. The SMILES string of the molecule is Cc1ccc(-c2cn(CC(=O)NC(C)C)nn2)cc1C(=O)Nc1ccccc1. The smallest absolute Gasteiger partial charge is 0.255 e. The van der Waals surface area contributed by atoms with Crippen LogP contribution in [-0.4, -0.2) is 32.9 Å². The number of carbonyl (C=O) groups is 2. The second kappa shape index (κ2) is 8.47. The van der Waals surface area contributed by atoms with Crippen LogP contribution in [0.2, 0.25) is 0 Å². The molecule has 0 saturated heterocycles. The normalized spacial score (nSPS) is 10.7. The van der Waals surface area contributed by atoms with Crippen LogP contribution in [0, 0.1) is 6.92 Å². The third kappa shape index (κ3) is 4.82. The van der Waals surface area contributed by atoms with E-state index in [-0.39, 0.29) is 24.4 Å². The van der Waals surface area contributed by atoms with Gasteiger partial charge in [0.05, 0.1) is 6.20 Å². The van der Waals surface area contributed by atoms with Gasteiger partial charge < -0.3 is 10.6 Å². The van der Waals surface area contributed by atoms with E-state index >= 15 is 0 Å². The monoisotopic (exact) mass is 377 g/mol. The van der Waals surface area contributed by atoms with Crippen molar-refractivity contribution < 1.29 is 9.59 Å². The number of nitrogens with one attached hydrogen (secondary N) is 2. The van der Waals surface area contributed by atoms with E-state index in [1.807, 2.05) is 63.2 Å². The number of hydrogen-bond donors (Lipinski definition) is 2. The summed E-state index contributed by atoms with van der Waals surface area (Å²) in [4.78, 5) is 24.5. The number of amides is 2. The number of rotatable bonds is 6. The molecular weight excluding hydrogens is 354 g/mol. The van der Waals surface area contributed by atoms with Gasteiger partial charge in [0, 0.05) is 22.9 Å². The highest BCUT2D eigenvalue weighted by Gasteiger charge is 2.13. The lowest BCUT2D eigenvalue weighted by atomic mass is 10.0. The highest BCUT2D eigenvalue weighted by Crippen LogP contribution is 2.21. The lowest BCUT2D eigenvalue weighted by Gasteiger charge is -2.09. The summed E-state index contributed by atoms with van der Waals surface area (Å²) in [5.41, 5.74) is 3.53. The predicted octanol–water partition coefficient (Wildman–Crippen LogP) is 3.03. The Balaban J connectivity index is 1.78. The summed E-state index contributed by atoms with van der Waals surface area (Å²) in [7, 11) is 0. The quantitative estimate of drug-likeness (QED) is 0.691. The molecule has 3 aromatic rings. The van der Waals surface area contributed by atoms with E-state index in [0.29, 0.717) is 11.3 Å². The summed E-state index contributed by atoms with van der Waals surface area (Å²) in [6.07, 6.45) is 1.70. The fourth-order valence-corrected chi connectivity index (χ4v) is 2.77. The van der Waals surface area contributed by atoms with Crippen LogP contribution in [0.4, 0.5) is 5.69 Å². The third-order valence-electron chi connectivity index (χ3n) is 4.10. The Morgan fingerprint density at radius 1 is 1.11 bits per heavy atom. The van der Waals surface area contributed by atoms with Crippen LogP contribution in [-0.2, 0) is 11.3 Å². The maximum Gasteiger partial charge on any atom is 0.255 e. The van der Waals surface area contributed by atoms with E-state index in [0.717, 1.165) is 16.8 Å². The number of aryl methyl sites for hydroxylation is 1. The number of benzene rings is 2. The number of nitrogens with zero attached hydrogens (tertiary/aromatic N) is 3. The molecule has 28 heavy (non-hydrogen) atoms. The second-order valence-electron chi connectivity index (χ2n) is 6.87. The fourth-order valence-electron chi connectivity index (χ4n) is 2.77. The molecule has 1 heterocycles. The molecule has 7 heteroatoms. The summed E-state index contributed by atoms with van der Waals surface area (Å²) >= 11 is 0. The van der Waals surface area contributed by atoms with Gasteiger partial charge in [-0.25, -0.2) is 4.68 Å². The lowest BCUT2D eigenvalue weighted by molar-refractivity contribution is -0.122. The number of hydrogen-bond acceptors (Lipinski definition) is 4. The van der Waals surface area contributed by atoms with Crippen LogP contribution >= 0.6 is 0 Å². The maximum atomic E-state index is 12.7. The molecule has 144 valence electrons. The molecule has 0 unspecified atom stereocenters. The van der Waals surface area contributed by atoms with Crippen LogP contribution in [0.5, 0.6) is 0 Å². The molecule has 0 bridgehead atoms. The van der Waals surface area contributed by atoms with Gasteiger partial charge in [-0.05, 0) is 44.5 Å². The van der Waals surface area contributed by atoms with Gasteiger partial charge in [0.1, 0.15) is 12.2 Å². The number of carbonyl (C=O) groups excluding carboxylic acids is 2. The largest absolute Gasteiger partial charge is 0.352 e. The van der Waals surface area contributed by atoms with Crippen LogP contribution in [0.15, 0.2) is 54.7 Å². The Labute approximate surface area is 163 Å². The van der Waals surface area contributed by atoms with Gasteiger partial charge in [-0.3, -0.25) is 9.59 Å². The first-order chi connectivity index (χ1) is 13.4. The Bertz CT molecular complexity index is 979. The van der Waals surface area contributed by atoms with Crippen molar-refractivity contribution in [3.63, 3.8) is 0 Å². The van der Waals surface area contributed by atoms with Crippen molar-refractivity contribution >= 4 is 17.5 Å². The Morgan fingerprint density at radius 2 is 1.86 bits per heavy atom. The average Bonchev–Trinajstić information content (AvgIpc) is 3.10. The molecule has 0 fully saturated rings. The summed E-state index contributed by atoms with van der Waals surface area (Å²) < 4.78 is 1.48. The second-order valence-corrected chi connectivity index (χ2v) is 6.87. The van der Waals surface area contributed by atoms with E-state index in [9.17, 15) is 9.59 Å². The van der Waals surface area contributed by atoms with Crippen LogP contribution in [0.3, 0.4) is 0 Å². The Kier molecular flexibility index (Phi) is 5.84. The zero-order chi connectivity index (χ0) is 20.1. The Hall–Kier alpha value is -3.48. The zero-order valence-electron chi connectivity index (χ0n) is 16.1. The molecule has 2 N–H and O–H groups in total. The van der Waals surface area contributed by atoms with Gasteiger partial charge in [0.2, 0.25) is 5.91 Å². The molecule has 0 aliphatic heterocycles. The molecule has 0 radical (unpaired) electrons. The summed E-state index contributed by atoms with van der Waals surface area (Å²) in [5.74, 6) is -0.312. The van der Waals surface area contributed by atoms with Crippen LogP contribution in [0.1, 0.15) is 29.8 Å². The van der Waals surface area contributed by atoms with Crippen molar-refractivity contribution in [3.8, 4) is 11.3 Å². The summed E-state index contributed by atoms with van der Waals surface area (Å²) in [6.45, 7) is 5.78. The minimum Gasteiger partial charge on any atom is -0.352 e. The van der Waals surface area contributed by atoms with Gasteiger partial charge in [-0.1, -0.05) is 35.5 Å². The molecule has 0 saturated carbocycles. The molecular formula is C21H23N5O2. The molecule has 7 nitrogen and oxygen atoms in total. The van der Waals surface area contributed by atoms with Crippen molar-refractivity contribution in [2.24, 2.45) is 0 Å². The van der Waals surface area contributed by atoms with E-state index in [1.165, 1.54) is 4.68 Å². The van der Waals surface area contributed by atoms with Gasteiger partial charge in [0.25, 0.3) is 5.91 Å². The maximum absolute atomic E-state index is 12.7. The van der Waals surface area contributed by atoms with Crippen LogP contribution in [0.25, 0.3) is 11.3 Å². The van der Waals surface area contributed by atoms with Crippen molar-refractivity contribution in [1.82, 2.24) is 20.3 Å². The Morgan fingerprint density at radius 3 is 2.57 bits per heavy atom. The molecule has 0 atom stereocenters. The van der Waals surface area contributed by atoms with Crippen molar-refractivity contribution in [2.75, 3.05) is 5.32 Å². The molecule has 0 aliphatic rings.